The van der Waals surface area contributed by atoms with Crippen LogP contribution in [-0.2, 0) is 9.47 Å². The van der Waals surface area contributed by atoms with Crippen molar-refractivity contribution in [3.63, 3.8) is 0 Å². The summed E-state index contributed by atoms with van der Waals surface area (Å²) in [6.45, 7) is 16.6. The molecule has 4 aliphatic carbocycles. The molecular formula is C36H62O9. The van der Waals surface area contributed by atoms with Crippen molar-refractivity contribution in [1.82, 2.24) is 0 Å². The average molecular weight is 639 g/mol. The zero-order valence-electron chi connectivity index (χ0n) is 28.8. The van der Waals surface area contributed by atoms with Crippen LogP contribution in [-0.4, -0.2) is 97.0 Å². The Morgan fingerprint density at radius 1 is 0.933 bits per heavy atom. The molecule has 3 unspecified atom stereocenters. The standard InChI is InChI=1S/C36H62O9/c1-19(2)10-9-13-36(8,43)20-11-15-34(6)26(20)21(38)16-24-33(5)14-12-25(39)32(3,4)30(33)22(17-35(24,34)7)44-31-29(42)28(41)27(40)23(18-37)45-31/h10,20-31,37-43H,9,11-18H2,1-8H3/t20-,21?,22-,23+,24?,25-,26?,27+,28-,29+,30-,31+,33+,34+,35+,36-/m0/s1. The average Bonchev–Trinajstić information content (AvgIpc) is 3.33. The lowest BCUT2D eigenvalue weighted by molar-refractivity contribution is -0.346. The first kappa shape index (κ1) is 35.7. The molecule has 260 valence electrons. The largest absolute Gasteiger partial charge is 0.394 e. The van der Waals surface area contributed by atoms with Gasteiger partial charge in [-0.2, -0.15) is 0 Å². The molecule has 0 spiro atoms. The molecule has 1 heterocycles. The number of allylic oxidation sites excluding steroid dienone is 2. The highest BCUT2D eigenvalue weighted by Crippen LogP contribution is 2.76. The van der Waals surface area contributed by atoms with Crippen LogP contribution in [0.1, 0.15) is 107 Å². The Kier molecular flexibility index (Phi) is 9.56. The molecular weight excluding hydrogens is 576 g/mol. The summed E-state index contributed by atoms with van der Waals surface area (Å²) in [5.74, 6) is -0.186. The molecule has 9 nitrogen and oxygen atoms in total. The number of rotatable bonds is 7. The third-order valence-electron chi connectivity index (χ3n) is 14.4. The molecule has 0 aromatic rings. The van der Waals surface area contributed by atoms with Crippen LogP contribution in [0.5, 0.6) is 0 Å². The van der Waals surface area contributed by atoms with E-state index in [0.29, 0.717) is 25.7 Å². The van der Waals surface area contributed by atoms with Gasteiger partial charge in [0.05, 0.1) is 30.5 Å². The first-order valence-electron chi connectivity index (χ1n) is 17.4. The second-order valence-electron chi connectivity index (χ2n) is 17.5. The lowest BCUT2D eigenvalue weighted by Gasteiger charge is -2.72. The molecule has 0 radical (unpaired) electrons. The molecule has 7 N–H and O–H groups in total. The maximum Gasteiger partial charge on any atom is 0.186 e. The van der Waals surface area contributed by atoms with Crippen molar-refractivity contribution in [2.24, 2.45) is 45.3 Å². The van der Waals surface area contributed by atoms with Crippen molar-refractivity contribution in [1.29, 1.82) is 0 Å². The zero-order chi connectivity index (χ0) is 33.5. The van der Waals surface area contributed by atoms with Gasteiger partial charge >= 0.3 is 0 Å². The Balaban J connectivity index is 1.54. The third kappa shape index (κ3) is 5.48. The Bertz CT molecular complexity index is 1100. The molecule has 0 amide bonds. The summed E-state index contributed by atoms with van der Waals surface area (Å²) in [6, 6.07) is 0. The van der Waals surface area contributed by atoms with Crippen LogP contribution in [0, 0.1) is 45.3 Å². The topological polar surface area (TPSA) is 160 Å². The van der Waals surface area contributed by atoms with E-state index in [0.717, 1.165) is 25.7 Å². The minimum absolute atomic E-state index is 0.0548. The van der Waals surface area contributed by atoms with Crippen LogP contribution in [0.3, 0.4) is 0 Å². The highest BCUT2D eigenvalue weighted by Gasteiger charge is 2.73. The van der Waals surface area contributed by atoms with Gasteiger partial charge in [-0.3, -0.25) is 0 Å². The number of fused-ring (bicyclic) bond motifs is 5. The summed E-state index contributed by atoms with van der Waals surface area (Å²) in [6.07, 6.45) is -0.603. The van der Waals surface area contributed by atoms with E-state index in [4.69, 9.17) is 9.47 Å². The summed E-state index contributed by atoms with van der Waals surface area (Å²) in [7, 11) is 0. The van der Waals surface area contributed by atoms with Crippen molar-refractivity contribution in [3.05, 3.63) is 11.6 Å². The second-order valence-corrected chi connectivity index (χ2v) is 17.5. The van der Waals surface area contributed by atoms with E-state index < -0.39 is 66.6 Å². The van der Waals surface area contributed by atoms with Crippen molar-refractivity contribution < 1.29 is 45.2 Å². The minimum Gasteiger partial charge on any atom is -0.394 e. The van der Waals surface area contributed by atoms with Crippen LogP contribution in [0.15, 0.2) is 11.6 Å². The normalized spacial score (nSPS) is 52.2. The van der Waals surface area contributed by atoms with Crippen LogP contribution in [0.4, 0.5) is 0 Å². The highest BCUT2D eigenvalue weighted by atomic mass is 16.7. The van der Waals surface area contributed by atoms with Gasteiger partial charge in [-0.25, -0.2) is 0 Å². The van der Waals surface area contributed by atoms with Gasteiger partial charge in [-0.1, -0.05) is 46.3 Å². The molecule has 5 aliphatic rings. The van der Waals surface area contributed by atoms with Crippen molar-refractivity contribution in [2.75, 3.05) is 6.61 Å². The molecule has 5 rings (SSSR count). The molecule has 16 atom stereocenters. The Labute approximate surface area is 270 Å². The van der Waals surface area contributed by atoms with E-state index in [-0.39, 0.29) is 39.9 Å². The van der Waals surface area contributed by atoms with Gasteiger partial charge in [0.25, 0.3) is 0 Å². The monoisotopic (exact) mass is 638 g/mol. The number of hydrogen-bond acceptors (Lipinski definition) is 9. The Hall–Kier alpha value is -0.620. The van der Waals surface area contributed by atoms with Gasteiger partial charge in [-0.15, -0.1) is 0 Å². The third-order valence-corrected chi connectivity index (χ3v) is 14.4. The Morgan fingerprint density at radius 2 is 1.60 bits per heavy atom. The van der Waals surface area contributed by atoms with Gasteiger partial charge in [0.1, 0.15) is 24.4 Å². The van der Waals surface area contributed by atoms with Crippen LogP contribution in [0.2, 0.25) is 0 Å². The predicted molar refractivity (Wildman–Crippen MR) is 170 cm³/mol. The van der Waals surface area contributed by atoms with Crippen molar-refractivity contribution in [2.45, 2.75) is 161 Å². The van der Waals surface area contributed by atoms with Crippen LogP contribution < -0.4 is 0 Å². The number of aliphatic hydroxyl groups is 7. The van der Waals surface area contributed by atoms with Gasteiger partial charge in [0.2, 0.25) is 0 Å². The molecule has 0 aromatic heterocycles. The first-order chi connectivity index (χ1) is 20.8. The molecule has 4 saturated carbocycles. The molecule has 45 heavy (non-hydrogen) atoms. The van der Waals surface area contributed by atoms with Gasteiger partial charge in [0.15, 0.2) is 6.29 Å². The maximum absolute atomic E-state index is 12.1. The smallest absolute Gasteiger partial charge is 0.186 e. The summed E-state index contributed by atoms with van der Waals surface area (Å²) in [4.78, 5) is 0. The van der Waals surface area contributed by atoms with E-state index >= 15 is 0 Å². The Morgan fingerprint density at radius 3 is 2.22 bits per heavy atom. The van der Waals surface area contributed by atoms with Crippen molar-refractivity contribution >= 4 is 0 Å². The molecule has 5 fully saturated rings. The van der Waals surface area contributed by atoms with E-state index in [1.54, 1.807) is 0 Å². The first-order valence-corrected chi connectivity index (χ1v) is 17.4. The molecule has 0 aromatic carbocycles. The fourth-order valence-corrected chi connectivity index (χ4v) is 11.9. The number of aliphatic hydroxyl groups excluding tert-OH is 6. The molecule has 9 heteroatoms. The fourth-order valence-electron chi connectivity index (χ4n) is 11.9. The van der Waals surface area contributed by atoms with Crippen molar-refractivity contribution in [3.8, 4) is 0 Å². The van der Waals surface area contributed by atoms with Crippen LogP contribution >= 0.6 is 0 Å². The van der Waals surface area contributed by atoms with Gasteiger partial charge < -0.3 is 45.2 Å². The number of hydrogen-bond donors (Lipinski definition) is 7. The quantitative estimate of drug-likeness (QED) is 0.164. The lowest BCUT2D eigenvalue weighted by Crippen LogP contribution is -2.71. The van der Waals surface area contributed by atoms with Gasteiger partial charge in [-0.05, 0) is 117 Å². The van der Waals surface area contributed by atoms with Gasteiger partial charge in [0, 0.05) is 0 Å². The SMILES string of the molecule is CC(C)=CCC[C@](C)(O)[C@H]1CC[C@]2(C)C1C(O)CC1[C@@]3(C)CC[C@H](O)C(C)(C)[C@@H]3[C@@H](O[C@@H]3O[C@H](CO)[C@@H](O)[C@H](O)[C@H]3O)C[C@]12C. The number of ether oxygens (including phenoxy) is 2. The fraction of sp³-hybridized carbons (Fsp3) is 0.944. The summed E-state index contributed by atoms with van der Waals surface area (Å²) >= 11 is 0. The lowest BCUT2D eigenvalue weighted by atomic mass is 9.34. The summed E-state index contributed by atoms with van der Waals surface area (Å²) in [5.41, 5.74) is -1.21. The van der Waals surface area contributed by atoms with E-state index in [1.165, 1.54) is 5.57 Å². The van der Waals surface area contributed by atoms with Crippen LogP contribution in [0.25, 0.3) is 0 Å². The molecule has 0 bridgehead atoms. The summed E-state index contributed by atoms with van der Waals surface area (Å²) < 4.78 is 12.6. The second kappa shape index (κ2) is 12.1. The highest BCUT2D eigenvalue weighted by molar-refractivity contribution is 5.22. The van der Waals surface area contributed by atoms with E-state index in [1.807, 2.05) is 6.92 Å². The predicted octanol–water partition coefficient (Wildman–Crippen LogP) is 3.30. The maximum atomic E-state index is 12.1. The zero-order valence-corrected chi connectivity index (χ0v) is 28.8. The van der Waals surface area contributed by atoms with E-state index in [2.05, 4.69) is 54.5 Å². The summed E-state index contributed by atoms with van der Waals surface area (Å²) in [5, 5.41) is 77.2. The molecule has 1 saturated heterocycles. The molecule has 1 aliphatic heterocycles. The minimum atomic E-state index is -1.54. The van der Waals surface area contributed by atoms with E-state index in [9.17, 15) is 35.7 Å².